The zero-order chi connectivity index (χ0) is 13.1. The third kappa shape index (κ3) is 3.93. The van der Waals surface area contributed by atoms with Gasteiger partial charge in [-0.2, -0.15) is 4.72 Å². The monoisotopic (exact) mass is 265 g/mol. The number of ether oxygens (including phenoxy) is 1. The summed E-state index contributed by atoms with van der Waals surface area (Å²) in [6.45, 7) is 3.71. The second-order valence-corrected chi connectivity index (χ2v) is 6.24. The highest BCUT2D eigenvalue weighted by atomic mass is 32.2. The Kier molecular flexibility index (Phi) is 4.51. The number of carboxylic acids is 1. The van der Waals surface area contributed by atoms with Crippen LogP contribution >= 0.6 is 0 Å². The molecule has 0 aromatic carbocycles. The van der Waals surface area contributed by atoms with E-state index in [-0.39, 0.29) is 18.3 Å². The van der Waals surface area contributed by atoms with E-state index in [2.05, 4.69) is 4.72 Å². The number of hydrogen-bond acceptors (Lipinski definition) is 4. The Morgan fingerprint density at radius 1 is 1.53 bits per heavy atom. The van der Waals surface area contributed by atoms with Crippen molar-refractivity contribution >= 4 is 16.0 Å². The first-order chi connectivity index (χ1) is 7.82. The smallest absolute Gasteiger partial charge is 0.324 e. The highest BCUT2D eigenvalue weighted by molar-refractivity contribution is 7.89. The lowest BCUT2D eigenvalue weighted by molar-refractivity contribution is -0.144. The molecule has 1 rings (SSSR count). The summed E-state index contributed by atoms with van der Waals surface area (Å²) in [4.78, 5) is 11.2. The first-order valence-electron chi connectivity index (χ1n) is 5.64. The van der Waals surface area contributed by atoms with Crippen LogP contribution in [0.4, 0.5) is 0 Å². The minimum Gasteiger partial charge on any atom is -0.480 e. The van der Waals surface area contributed by atoms with Gasteiger partial charge >= 0.3 is 5.97 Å². The van der Waals surface area contributed by atoms with Gasteiger partial charge in [0.15, 0.2) is 0 Å². The minimum atomic E-state index is -3.62. The van der Waals surface area contributed by atoms with Crippen molar-refractivity contribution < 1.29 is 23.1 Å². The van der Waals surface area contributed by atoms with Crippen molar-refractivity contribution in [3.8, 4) is 0 Å². The maximum atomic E-state index is 11.7. The number of aliphatic carboxylic acids is 1. The molecule has 17 heavy (non-hydrogen) atoms. The largest absolute Gasteiger partial charge is 0.480 e. The molecular formula is C10H19NO5S. The summed E-state index contributed by atoms with van der Waals surface area (Å²) in [6.07, 6.45) is 1.49. The number of nitrogens with one attached hydrogen (secondary N) is 1. The second-order valence-electron chi connectivity index (χ2n) is 4.40. The van der Waals surface area contributed by atoms with E-state index in [1.54, 1.807) is 6.92 Å². The Balaban J connectivity index is 2.63. The van der Waals surface area contributed by atoms with Gasteiger partial charge in [0.05, 0.1) is 12.4 Å². The van der Waals surface area contributed by atoms with Crippen LogP contribution in [0, 0.1) is 5.92 Å². The number of hydrogen-bond donors (Lipinski definition) is 2. The summed E-state index contributed by atoms with van der Waals surface area (Å²) in [7, 11) is -3.62. The number of rotatable bonds is 8. The molecule has 0 heterocycles. The van der Waals surface area contributed by atoms with Crippen molar-refractivity contribution in [1.82, 2.24) is 4.72 Å². The topological polar surface area (TPSA) is 92.7 Å². The SMILES string of the molecule is CCOCCS(=O)(=O)NC(C)(C(=O)O)C1CC1. The summed E-state index contributed by atoms with van der Waals surface area (Å²) < 4.78 is 30.6. The average Bonchev–Trinajstić information content (AvgIpc) is 2.99. The van der Waals surface area contributed by atoms with Crippen LogP contribution in [0.25, 0.3) is 0 Å². The standard InChI is InChI=1S/C10H19NO5S/c1-3-16-6-7-17(14,15)11-10(2,9(12)13)8-4-5-8/h8,11H,3-7H2,1-2H3,(H,12,13). The predicted octanol–water partition coefficient (Wildman–Crippen LogP) is 0.196. The Hall–Kier alpha value is -0.660. The van der Waals surface area contributed by atoms with Crippen molar-refractivity contribution in [2.45, 2.75) is 32.2 Å². The zero-order valence-corrected chi connectivity index (χ0v) is 10.9. The summed E-state index contributed by atoms with van der Waals surface area (Å²) in [6, 6.07) is 0. The van der Waals surface area contributed by atoms with Crippen LogP contribution in [0.2, 0.25) is 0 Å². The lowest BCUT2D eigenvalue weighted by Crippen LogP contribution is -2.54. The molecule has 0 aliphatic heterocycles. The van der Waals surface area contributed by atoms with E-state index in [1.165, 1.54) is 6.92 Å². The van der Waals surface area contributed by atoms with Crippen LogP contribution < -0.4 is 4.72 Å². The van der Waals surface area contributed by atoms with Gasteiger partial charge in [0.25, 0.3) is 0 Å². The molecule has 0 radical (unpaired) electrons. The Bertz CT molecular complexity index is 376. The summed E-state index contributed by atoms with van der Waals surface area (Å²) in [5.74, 6) is -1.45. The molecule has 1 aliphatic rings. The summed E-state index contributed by atoms with van der Waals surface area (Å²) in [5.41, 5.74) is -1.38. The fourth-order valence-electron chi connectivity index (χ4n) is 1.65. The van der Waals surface area contributed by atoms with E-state index >= 15 is 0 Å². The molecule has 2 N–H and O–H groups in total. The zero-order valence-electron chi connectivity index (χ0n) is 10.1. The molecule has 1 atom stereocenters. The molecule has 1 saturated carbocycles. The van der Waals surface area contributed by atoms with Gasteiger partial charge in [0.2, 0.25) is 10.0 Å². The molecule has 1 fully saturated rings. The van der Waals surface area contributed by atoms with Crippen LogP contribution in [0.5, 0.6) is 0 Å². The van der Waals surface area contributed by atoms with E-state index in [0.717, 1.165) is 12.8 Å². The fraction of sp³-hybridized carbons (Fsp3) is 0.900. The van der Waals surface area contributed by atoms with Gasteiger partial charge in [-0.25, -0.2) is 8.42 Å². The Morgan fingerprint density at radius 3 is 2.53 bits per heavy atom. The van der Waals surface area contributed by atoms with E-state index in [4.69, 9.17) is 9.84 Å². The quantitative estimate of drug-likeness (QED) is 0.611. The molecule has 0 aromatic rings. The van der Waals surface area contributed by atoms with Gasteiger partial charge in [0.1, 0.15) is 5.54 Å². The molecule has 0 spiro atoms. The maximum Gasteiger partial charge on any atom is 0.324 e. The first-order valence-corrected chi connectivity index (χ1v) is 7.30. The van der Waals surface area contributed by atoms with Crippen LogP contribution in [0.1, 0.15) is 26.7 Å². The fourth-order valence-corrected chi connectivity index (χ4v) is 2.99. The van der Waals surface area contributed by atoms with E-state index in [0.29, 0.717) is 6.61 Å². The maximum absolute atomic E-state index is 11.7. The number of carbonyl (C=O) groups is 1. The molecule has 100 valence electrons. The van der Waals surface area contributed by atoms with Crippen molar-refractivity contribution in [2.24, 2.45) is 5.92 Å². The third-order valence-corrected chi connectivity index (χ3v) is 4.35. The normalized spacial score (nSPS) is 19.9. The third-order valence-electron chi connectivity index (χ3n) is 2.91. The van der Waals surface area contributed by atoms with Crippen molar-refractivity contribution in [2.75, 3.05) is 19.0 Å². The minimum absolute atomic E-state index is 0.0756. The van der Waals surface area contributed by atoms with Crippen molar-refractivity contribution in [3.05, 3.63) is 0 Å². The van der Waals surface area contributed by atoms with Gasteiger partial charge in [-0.1, -0.05) is 0 Å². The van der Waals surface area contributed by atoms with Crippen molar-refractivity contribution in [1.29, 1.82) is 0 Å². The van der Waals surface area contributed by atoms with Crippen LogP contribution in [-0.4, -0.2) is 44.0 Å². The molecule has 6 nitrogen and oxygen atoms in total. The van der Waals surface area contributed by atoms with Crippen LogP contribution in [-0.2, 0) is 19.6 Å². The van der Waals surface area contributed by atoms with E-state index in [1.807, 2.05) is 0 Å². The Labute approximate surface area is 101 Å². The Morgan fingerprint density at radius 2 is 2.12 bits per heavy atom. The molecule has 7 heteroatoms. The average molecular weight is 265 g/mol. The molecule has 1 unspecified atom stereocenters. The summed E-state index contributed by atoms with van der Waals surface area (Å²) in [5, 5.41) is 9.12. The van der Waals surface area contributed by atoms with E-state index in [9.17, 15) is 13.2 Å². The molecule has 0 bridgehead atoms. The van der Waals surface area contributed by atoms with Gasteiger partial charge in [-0.05, 0) is 32.6 Å². The molecule has 1 aliphatic carbocycles. The molecular weight excluding hydrogens is 246 g/mol. The van der Waals surface area contributed by atoms with Crippen LogP contribution in [0.3, 0.4) is 0 Å². The van der Waals surface area contributed by atoms with E-state index < -0.39 is 21.5 Å². The van der Waals surface area contributed by atoms with Crippen LogP contribution in [0.15, 0.2) is 0 Å². The second kappa shape index (κ2) is 5.32. The van der Waals surface area contributed by atoms with Gasteiger partial charge in [0, 0.05) is 6.61 Å². The summed E-state index contributed by atoms with van der Waals surface area (Å²) >= 11 is 0. The lowest BCUT2D eigenvalue weighted by Gasteiger charge is -2.25. The van der Waals surface area contributed by atoms with Gasteiger partial charge in [-0.3, -0.25) is 4.79 Å². The first kappa shape index (κ1) is 14.4. The highest BCUT2D eigenvalue weighted by Gasteiger charge is 2.49. The molecule has 0 amide bonds. The molecule has 0 saturated heterocycles. The van der Waals surface area contributed by atoms with Gasteiger partial charge in [-0.15, -0.1) is 0 Å². The number of carboxylic acid groups (broad SMARTS) is 1. The van der Waals surface area contributed by atoms with Gasteiger partial charge < -0.3 is 9.84 Å². The van der Waals surface area contributed by atoms with Crippen molar-refractivity contribution in [3.63, 3.8) is 0 Å². The molecule has 0 aromatic heterocycles. The predicted molar refractivity (Wildman–Crippen MR) is 62.2 cm³/mol. The lowest BCUT2D eigenvalue weighted by atomic mass is 9.98. The highest BCUT2D eigenvalue weighted by Crippen LogP contribution is 2.40. The number of sulfonamides is 1.